The van der Waals surface area contributed by atoms with Gasteiger partial charge in [0.2, 0.25) is 9.84 Å². The molecule has 3 rings (SSSR count). The lowest BCUT2D eigenvalue weighted by Gasteiger charge is -2.32. The Morgan fingerprint density at radius 3 is 2.30 bits per heavy atom. The molecule has 0 fully saturated rings. The highest BCUT2D eigenvalue weighted by Crippen LogP contribution is 2.45. The number of carbonyl (C=O) groups excluding carboxylic acids is 1. The number of nitrogens with one attached hydrogen (secondary N) is 1. The summed E-state index contributed by atoms with van der Waals surface area (Å²) in [7, 11) is -2.50. The molecule has 2 aromatic rings. The van der Waals surface area contributed by atoms with Crippen LogP contribution in [0.4, 0.5) is 0 Å². The summed E-state index contributed by atoms with van der Waals surface area (Å²) in [6.45, 7) is 7.12. The molecule has 0 saturated heterocycles. The Morgan fingerprint density at radius 1 is 1.09 bits per heavy atom. The van der Waals surface area contributed by atoms with Crippen LogP contribution in [0.1, 0.15) is 45.6 Å². The van der Waals surface area contributed by atoms with E-state index >= 15 is 0 Å². The first-order valence-corrected chi connectivity index (χ1v) is 12.5. The Hall–Kier alpha value is -2.77. The van der Waals surface area contributed by atoms with E-state index in [2.05, 4.69) is 5.32 Å². The normalized spacial score (nSPS) is 17.5. The van der Waals surface area contributed by atoms with Crippen LogP contribution in [0, 0.1) is 0 Å². The van der Waals surface area contributed by atoms with Crippen molar-refractivity contribution in [3.8, 4) is 5.75 Å². The smallest absolute Gasteiger partial charge is 0.337 e. The quantitative estimate of drug-likeness (QED) is 0.527. The van der Waals surface area contributed by atoms with E-state index in [1.807, 2.05) is 6.92 Å². The number of halogens is 1. The van der Waals surface area contributed by atoms with Crippen LogP contribution in [0.25, 0.3) is 0 Å². The lowest BCUT2D eigenvalue weighted by Crippen LogP contribution is -2.33. The second-order valence-electron chi connectivity index (χ2n) is 7.91. The third kappa shape index (κ3) is 4.94. The van der Waals surface area contributed by atoms with Crippen LogP contribution in [0.15, 0.2) is 75.3 Å². The molecule has 0 amide bonds. The summed E-state index contributed by atoms with van der Waals surface area (Å²) in [6, 6.07) is 13.1. The molecular formula is C25H28ClNO5S. The zero-order chi connectivity index (χ0) is 24.3. The fourth-order valence-corrected chi connectivity index (χ4v) is 5.82. The number of methoxy groups -OCH3 is 1. The number of hydrogen-bond donors (Lipinski definition) is 1. The summed E-state index contributed by atoms with van der Waals surface area (Å²) in [6.07, 6.45) is 0.312. The van der Waals surface area contributed by atoms with Gasteiger partial charge in [-0.3, -0.25) is 0 Å². The van der Waals surface area contributed by atoms with Crippen molar-refractivity contribution < 1.29 is 22.7 Å². The number of dihydropyridines is 1. The molecule has 1 aliphatic rings. The van der Waals surface area contributed by atoms with Crippen LogP contribution in [0.3, 0.4) is 0 Å². The van der Waals surface area contributed by atoms with E-state index in [9.17, 15) is 13.2 Å². The number of sulfone groups is 1. The van der Waals surface area contributed by atoms with Gasteiger partial charge >= 0.3 is 5.97 Å². The molecule has 8 heteroatoms. The monoisotopic (exact) mass is 489 g/mol. The van der Waals surface area contributed by atoms with Crippen molar-refractivity contribution in [3.63, 3.8) is 0 Å². The van der Waals surface area contributed by atoms with Crippen LogP contribution in [0.2, 0.25) is 5.02 Å². The van der Waals surface area contributed by atoms with E-state index in [0.717, 1.165) is 0 Å². The van der Waals surface area contributed by atoms with E-state index in [-0.39, 0.29) is 21.5 Å². The number of ether oxygens (including phenoxy) is 2. The van der Waals surface area contributed by atoms with E-state index in [4.69, 9.17) is 21.1 Å². The second kappa shape index (κ2) is 10.0. The summed E-state index contributed by atoms with van der Waals surface area (Å²) in [5, 5.41) is 3.44. The van der Waals surface area contributed by atoms with Crippen molar-refractivity contribution in [2.45, 2.75) is 51.0 Å². The molecule has 2 aromatic carbocycles. The summed E-state index contributed by atoms with van der Waals surface area (Å²) >= 11 is 6.53. The number of allylic oxidation sites excluding steroid dienone is 3. The summed E-state index contributed by atoms with van der Waals surface area (Å²) in [5.41, 5.74) is 1.69. The molecular weight excluding hydrogens is 462 g/mol. The van der Waals surface area contributed by atoms with Crippen molar-refractivity contribution >= 4 is 27.4 Å². The first kappa shape index (κ1) is 24.9. The Morgan fingerprint density at radius 2 is 1.73 bits per heavy atom. The zero-order valence-corrected chi connectivity index (χ0v) is 20.9. The van der Waals surface area contributed by atoms with E-state index in [1.54, 1.807) is 57.2 Å². The van der Waals surface area contributed by atoms with Gasteiger partial charge < -0.3 is 14.8 Å². The van der Waals surface area contributed by atoms with Crippen LogP contribution < -0.4 is 10.1 Å². The summed E-state index contributed by atoms with van der Waals surface area (Å²) in [5.74, 6) is -0.963. The molecule has 0 bridgehead atoms. The maximum absolute atomic E-state index is 13.9. The van der Waals surface area contributed by atoms with Crippen molar-refractivity contribution in [1.29, 1.82) is 0 Å². The second-order valence-corrected chi connectivity index (χ2v) is 10.2. The van der Waals surface area contributed by atoms with Gasteiger partial charge in [-0.1, -0.05) is 36.7 Å². The molecule has 0 radical (unpaired) electrons. The third-order valence-electron chi connectivity index (χ3n) is 5.68. The maximum Gasteiger partial charge on any atom is 0.337 e. The Bertz CT molecular complexity index is 1220. The zero-order valence-electron chi connectivity index (χ0n) is 19.3. The highest BCUT2D eigenvalue weighted by molar-refractivity contribution is 7.95. The summed E-state index contributed by atoms with van der Waals surface area (Å²) in [4.78, 5) is 13.4. The topological polar surface area (TPSA) is 81.7 Å². The molecule has 0 saturated carbocycles. The highest BCUT2D eigenvalue weighted by Gasteiger charge is 2.41. The SMILES string of the molecule is CCC(C)OC(=O)C1=C(C)NC(C)=C(S(=O)(=O)c2ccc(OC)cc2)C1c1ccccc1Cl. The van der Waals surface area contributed by atoms with Gasteiger partial charge in [-0.2, -0.15) is 0 Å². The van der Waals surface area contributed by atoms with Gasteiger partial charge in [-0.25, -0.2) is 13.2 Å². The van der Waals surface area contributed by atoms with Crippen molar-refractivity contribution in [2.75, 3.05) is 7.11 Å². The molecule has 6 nitrogen and oxygen atoms in total. The molecule has 0 aromatic heterocycles. The Balaban J connectivity index is 2.23. The van der Waals surface area contributed by atoms with Gasteiger partial charge in [0, 0.05) is 16.4 Å². The standard InChI is InChI=1S/C25H28ClNO5S/c1-6-15(2)32-25(28)22-16(3)27-17(4)24(23(22)20-9-7-8-10-21(20)26)33(29,30)19-13-11-18(31-5)12-14-19/h7-15,23,27H,6H2,1-5H3. The van der Waals surface area contributed by atoms with Gasteiger partial charge in [-0.05, 0) is 63.1 Å². The minimum Gasteiger partial charge on any atom is -0.497 e. The number of esters is 1. The average molecular weight is 490 g/mol. The lowest BCUT2D eigenvalue weighted by atomic mass is 9.86. The number of carbonyl (C=O) groups is 1. The fraction of sp³-hybridized carbons (Fsp3) is 0.320. The molecule has 2 unspecified atom stereocenters. The van der Waals surface area contributed by atoms with Gasteiger partial charge in [0.1, 0.15) is 5.75 Å². The third-order valence-corrected chi connectivity index (χ3v) is 8.04. The van der Waals surface area contributed by atoms with Gasteiger partial charge in [0.15, 0.2) is 0 Å². The number of rotatable bonds is 7. The van der Waals surface area contributed by atoms with Crippen LogP contribution in [-0.4, -0.2) is 27.6 Å². The average Bonchev–Trinajstić information content (AvgIpc) is 2.78. The van der Waals surface area contributed by atoms with E-state index < -0.39 is 21.7 Å². The molecule has 0 spiro atoms. The first-order chi connectivity index (χ1) is 15.6. The van der Waals surface area contributed by atoms with Crippen LogP contribution in [0.5, 0.6) is 5.75 Å². The van der Waals surface area contributed by atoms with Gasteiger partial charge in [0.05, 0.1) is 34.5 Å². The molecule has 1 heterocycles. The largest absolute Gasteiger partial charge is 0.497 e. The van der Waals surface area contributed by atoms with Crippen molar-refractivity contribution in [3.05, 3.63) is 81.0 Å². The predicted octanol–water partition coefficient (Wildman–Crippen LogP) is 5.36. The molecule has 0 aliphatic carbocycles. The Labute approximate surface area is 200 Å². The minimum atomic E-state index is -4.01. The molecule has 1 aliphatic heterocycles. The minimum absolute atomic E-state index is 0.0578. The van der Waals surface area contributed by atoms with Gasteiger partial charge in [-0.15, -0.1) is 0 Å². The fourth-order valence-electron chi connectivity index (χ4n) is 3.82. The van der Waals surface area contributed by atoms with Gasteiger partial charge in [0.25, 0.3) is 0 Å². The highest BCUT2D eigenvalue weighted by atomic mass is 35.5. The molecule has 176 valence electrons. The predicted molar refractivity (Wildman–Crippen MR) is 129 cm³/mol. The first-order valence-electron chi connectivity index (χ1n) is 10.6. The Kier molecular flexibility index (Phi) is 7.55. The van der Waals surface area contributed by atoms with E-state index in [0.29, 0.717) is 34.2 Å². The maximum atomic E-state index is 13.9. The van der Waals surface area contributed by atoms with Crippen LogP contribution in [-0.2, 0) is 19.4 Å². The van der Waals surface area contributed by atoms with E-state index in [1.165, 1.54) is 19.2 Å². The molecule has 2 atom stereocenters. The number of hydrogen-bond acceptors (Lipinski definition) is 6. The lowest BCUT2D eigenvalue weighted by molar-refractivity contribution is -0.143. The van der Waals surface area contributed by atoms with Crippen LogP contribution >= 0.6 is 11.6 Å². The summed E-state index contributed by atoms with van der Waals surface area (Å²) < 4.78 is 38.6. The molecule has 33 heavy (non-hydrogen) atoms. The number of benzene rings is 2. The molecule has 1 N–H and O–H groups in total. The van der Waals surface area contributed by atoms with Crippen molar-refractivity contribution in [2.24, 2.45) is 0 Å². The van der Waals surface area contributed by atoms with Crippen molar-refractivity contribution in [1.82, 2.24) is 5.32 Å².